The number of nitrogens with one attached hydrogen (secondary N) is 2. The summed E-state index contributed by atoms with van der Waals surface area (Å²) in [7, 11) is 1.83. The lowest BCUT2D eigenvalue weighted by Gasteiger charge is -2.15. The second kappa shape index (κ2) is 10.1. The predicted molar refractivity (Wildman–Crippen MR) is 133 cm³/mol. The number of amides is 2. The second-order valence-electron chi connectivity index (χ2n) is 8.26. The lowest BCUT2D eigenvalue weighted by atomic mass is 10.0. The molecule has 1 fully saturated rings. The summed E-state index contributed by atoms with van der Waals surface area (Å²) in [6.07, 6.45) is 7.56. The van der Waals surface area contributed by atoms with Gasteiger partial charge in [0, 0.05) is 36.8 Å². The summed E-state index contributed by atoms with van der Waals surface area (Å²) in [6, 6.07) is 12.2. The number of benzene rings is 1. The van der Waals surface area contributed by atoms with Crippen LogP contribution in [0.4, 0.5) is 15.9 Å². The van der Waals surface area contributed by atoms with Crippen molar-refractivity contribution in [1.29, 1.82) is 0 Å². The Labute approximate surface area is 212 Å². The van der Waals surface area contributed by atoms with E-state index in [2.05, 4.69) is 25.7 Å². The van der Waals surface area contributed by atoms with Gasteiger partial charge in [0.05, 0.1) is 18.1 Å². The number of aromatic nitrogens is 4. The molecule has 1 aliphatic rings. The average molecular weight is 509 g/mol. The molecule has 3 aromatic heterocycles. The summed E-state index contributed by atoms with van der Waals surface area (Å²) in [4.78, 5) is 34.1. The number of hydrogen-bond acceptors (Lipinski definition) is 6. The first kappa shape index (κ1) is 24.8. The number of carbonyl (C=O) groups excluding carboxylic acids is 2. The van der Waals surface area contributed by atoms with Gasteiger partial charge in [-0.2, -0.15) is 5.10 Å². The fraction of sp³-hybridized carbons (Fsp3) is 0.160. The minimum Gasteiger partial charge on any atom is -0.456 e. The van der Waals surface area contributed by atoms with Crippen LogP contribution in [0.3, 0.4) is 0 Å². The Hall–Kier alpha value is -4.31. The molecule has 2 amide bonds. The quantitative estimate of drug-likeness (QED) is 0.353. The van der Waals surface area contributed by atoms with E-state index in [1.54, 1.807) is 41.3 Å². The summed E-state index contributed by atoms with van der Waals surface area (Å²) < 4.78 is 20.6. The van der Waals surface area contributed by atoms with E-state index in [9.17, 15) is 14.0 Å². The summed E-state index contributed by atoms with van der Waals surface area (Å²) in [6.45, 7) is 0. The van der Waals surface area contributed by atoms with Crippen LogP contribution >= 0.6 is 12.4 Å². The number of rotatable bonds is 7. The van der Waals surface area contributed by atoms with Gasteiger partial charge in [-0.1, -0.05) is 0 Å². The molecule has 11 heteroatoms. The molecular formula is C25H22ClFN6O3. The minimum absolute atomic E-state index is 0. The Kier molecular flexibility index (Phi) is 6.98. The molecule has 0 aliphatic heterocycles. The number of halogens is 2. The maximum absolute atomic E-state index is 13.1. The van der Waals surface area contributed by atoms with E-state index in [1.165, 1.54) is 30.5 Å². The van der Waals surface area contributed by atoms with Crippen LogP contribution in [0.2, 0.25) is 0 Å². The van der Waals surface area contributed by atoms with E-state index in [4.69, 9.17) is 4.74 Å². The second-order valence-corrected chi connectivity index (χ2v) is 8.26. The Balaban J connectivity index is 0.00000304. The SMILES string of the molecule is Cl.Cn1cc(-c2cc(Oc3ccc(NC(=O)C4(C(=O)Nc5ccc(F)cc5)CC4)nc3)ccn2)cn1. The van der Waals surface area contributed by atoms with Gasteiger partial charge >= 0.3 is 0 Å². The first-order valence-electron chi connectivity index (χ1n) is 10.9. The molecule has 0 spiro atoms. The fourth-order valence-electron chi connectivity index (χ4n) is 3.54. The number of ether oxygens (including phenoxy) is 1. The van der Waals surface area contributed by atoms with Gasteiger partial charge in [0.2, 0.25) is 11.8 Å². The highest BCUT2D eigenvalue weighted by Crippen LogP contribution is 2.47. The van der Waals surface area contributed by atoms with Gasteiger partial charge in [-0.05, 0) is 55.3 Å². The maximum Gasteiger partial charge on any atom is 0.241 e. The van der Waals surface area contributed by atoms with E-state index >= 15 is 0 Å². The number of anilines is 2. The molecule has 0 unspecified atom stereocenters. The summed E-state index contributed by atoms with van der Waals surface area (Å²) >= 11 is 0. The van der Waals surface area contributed by atoms with Gasteiger partial charge < -0.3 is 15.4 Å². The van der Waals surface area contributed by atoms with Crippen molar-refractivity contribution in [2.24, 2.45) is 12.5 Å². The topological polar surface area (TPSA) is 111 Å². The normalized spacial score (nSPS) is 13.3. The predicted octanol–water partition coefficient (Wildman–Crippen LogP) is 4.59. The molecular weight excluding hydrogens is 487 g/mol. The van der Waals surface area contributed by atoms with E-state index in [-0.39, 0.29) is 12.4 Å². The number of aryl methyl sites for hydroxylation is 1. The van der Waals surface area contributed by atoms with Crippen LogP contribution in [0, 0.1) is 11.2 Å². The van der Waals surface area contributed by atoms with E-state index < -0.39 is 23.0 Å². The number of nitrogens with zero attached hydrogens (tertiary/aromatic N) is 4. The summed E-state index contributed by atoms with van der Waals surface area (Å²) in [5, 5.41) is 9.52. The molecule has 3 heterocycles. The van der Waals surface area contributed by atoms with Crippen LogP contribution in [0.1, 0.15) is 12.8 Å². The number of pyridine rings is 2. The molecule has 0 atom stereocenters. The van der Waals surface area contributed by atoms with Crippen molar-refractivity contribution in [3.05, 3.63) is 79.1 Å². The molecule has 2 N–H and O–H groups in total. The van der Waals surface area contributed by atoms with Gasteiger partial charge in [-0.15, -0.1) is 12.4 Å². The van der Waals surface area contributed by atoms with Crippen molar-refractivity contribution in [3.8, 4) is 22.8 Å². The smallest absolute Gasteiger partial charge is 0.241 e. The Morgan fingerprint density at radius 3 is 2.36 bits per heavy atom. The standard InChI is InChI=1S/C25H21FN6O3.ClH/c1-32-15-16(13-29-32)21-12-19(8-11-27-21)35-20-6-7-22(28-14-20)31-24(34)25(9-10-25)23(33)30-18-4-2-17(26)3-5-18;/h2-8,11-15H,9-10H2,1H3,(H,30,33)(H,28,31,34);1H. The zero-order valence-corrected chi connectivity index (χ0v) is 20.0. The zero-order valence-electron chi connectivity index (χ0n) is 19.1. The molecule has 1 aromatic carbocycles. The van der Waals surface area contributed by atoms with E-state index in [0.717, 1.165) is 11.3 Å². The third-order valence-corrected chi connectivity index (χ3v) is 5.67. The first-order chi connectivity index (χ1) is 16.9. The molecule has 0 radical (unpaired) electrons. The van der Waals surface area contributed by atoms with Gasteiger partial charge in [-0.3, -0.25) is 19.3 Å². The van der Waals surface area contributed by atoms with Gasteiger partial charge in [0.15, 0.2) is 0 Å². The Morgan fingerprint density at radius 1 is 0.972 bits per heavy atom. The first-order valence-corrected chi connectivity index (χ1v) is 10.9. The molecule has 36 heavy (non-hydrogen) atoms. The lowest BCUT2D eigenvalue weighted by Crippen LogP contribution is -2.35. The van der Waals surface area contributed by atoms with Crippen LogP contribution < -0.4 is 15.4 Å². The highest BCUT2D eigenvalue weighted by atomic mass is 35.5. The summed E-state index contributed by atoms with van der Waals surface area (Å²) in [5.41, 5.74) is 0.857. The highest BCUT2D eigenvalue weighted by Gasteiger charge is 2.56. The van der Waals surface area contributed by atoms with Crippen LogP contribution in [-0.4, -0.2) is 31.6 Å². The van der Waals surface area contributed by atoms with Crippen molar-refractivity contribution >= 4 is 35.7 Å². The third kappa shape index (κ3) is 5.33. The van der Waals surface area contributed by atoms with Gasteiger partial charge in [0.25, 0.3) is 0 Å². The Morgan fingerprint density at radius 2 is 1.72 bits per heavy atom. The molecule has 1 aliphatic carbocycles. The minimum atomic E-state index is -1.16. The largest absolute Gasteiger partial charge is 0.456 e. The molecule has 4 aromatic rings. The number of hydrogen-bond donors (Lipinski definition) is 2. The molecule has 5 rings (SSSR count). The molecule has 0 saturated heterocycles. The lowest BCUT2D eigenvalue weighted by molar-refractivity contribution is -0.131. The van der Waals surface area contributed by atoms with Crippen LogP contribution in [-0.2, 0) is 16.6 Å². The third-order valence-electron chi connectivity index (χ3n) is 5.67. The molecule has 9 nitrogen and oxygen atoms in total. The fourth-order valence-corrected chi connectivity index (χ4v) is 3.54. The van der Waals surface area contributed by atoms with E-state index in [1.807, 2.05) is 13.2 Å². The van der Waals surface area contributed by atoms with Crippen molar-refractivity contribution in [1.82, 2.24) is 19.7 Å². The van der Waals surface area contributed by atoms with Crippen LogP contribution in [0.15, 0.2) is 73.3 Å². The average Bonchev–Trinajstić information content (AvgIpc) is 3.57. The summed E-state index contributed by atoms with van der Waals surface area (Å²) in [5.74, 6) is 0.0813. The van der Waals surface area contributed by atoms with Crippen molar-refractivity contribution < 1.29 is 18.7 Å². The highest BCUT2D eigenvalue weighted by molar-refractivity contribution is 6.16. The van der Waals surface area contributed by atoms with Gasteiger partial charge in [0.1, 0.15) is 28.5 Å². The monoisotopic (exact) mass is 508 g/mol. The molecule has 1 saturated carbocycles. The zero-order chi connectivity index (χ0) is 24.4. The maximum atomic E-state index is 13.1. The molecule has 184 valence electrons. The van der Waals surface area contributed by atoms with Crippen molar-refractivity contribution in [2.45, 2.75) is 12.8 Å². The van der Waals surface area contributed by atoms with E-state index in [0.29, 0.717) is 35.8 Å². The Bertz CT molecular complexity index is 1390. The van der Waals surface area contributed by atoms with Crippen LogP contribution in [0.25, 0.3) is 11.3 Å². The molecule has 0 bridgehead atoms. The number of carbonyl (C=O) groups is 2. The van der Waals surface area contributed by atoms with Gasteiger partial charge in [-0.25, -0.2) is 9.37 Å². The van der Waals surface area contributed by atoms with Crippen LogP contribution in [0.5, 0.6) is 11.5 Å². The van der Waals surface area contributed by atoms with Crippen molar-refractivity contribution in [2.75, 3.05) is 10.6 Å². The van der Waals surface area contributed by atoms with Crippen molar-refractivity contribution in [3.63, 3.8) is 0 Å².